The minimum atomic E-state index is 0.411. The number of aromatic nitrogens is 5. The van der Waals surface area contributed by atoms with Crippen LogP contribution in [0.15, 0.2) is 6.33 Å². The molecule has 0 spiro atoms. The zero-order valence-corrected chi connectivity index (χ0v) is 13.1. The van der Waals surface area contributed by atoms with Crippen LogP contribution in [0.4, 0.5) is 5.82 Å². The Bertz CT molecular complexity index is 720. The second-order valence-corrected chi connectivity index (χ2v) is 5.78. The number of nitrogens with zero attached hydrogens (tertiary/aromatic N) is 7. The summed E-state index contributed by atoms with van der Waals surface area (Å²) in [6, 6.07) is 2.28. The second-order valence-electron chi connectivity index (χ2n) is 5.78. The van der Waals surface area contributed by atoms with E-state index < -0.39 is 0 Å². The minimum Gasteiger partial charge on any atom is -0.354 e. The summed E-state index contributed by atoms with van der Waals surface area (Å²) < 4.78 is 1.98. The normalized spacial score (nSPS) is 15.8. The second kappa shape index (κ2) is 5.72. The van der Waals surface area contributed by atoms with E-state index >= 15 is 0 Å². The van der Waals surface area contributed by atoms with Crippen molar-refractivity contribution in [3.8, 4) is 6.07 Å². The van der Waals surface area contributed by atoms with Crippen LogP contribution in [-0.2, 0) is 7.05 Å². The number of nitriles is 1. The molecule has 0 saturated carbocycles. The molecule has 0 atom stereocenters. The first-order valence-electron chi connectivity index (χ1n) is 7.44. The van der Waals surface area contributed by atoms with Crippen LogP contribution < -0.4 is 4.90 Å². The van der Waals surface area contributed by atoms with Gasteiger partial charge >= 0.3 is 0 Å². The monoisotopic (exact) mass is 297 g/mol. The summed E-state index contributed by atoms with van der Waals surface area (Å²) in [5.74, 6) is 2.15. The third kappa shape index (κ3) is 2.41. The predicted octanol–water partition coefficient (Wildman–Crippen LogP) is 1.48. The molecule has 1 aliphatic heterocycles. The van der Waals surface area contributed by atoms with Gasteiger partial charge in [0.25, 0.3) is 0 Å². The van der Waals surface area contributed by atoms with Gasteiger partial charge in [0.1, 0.15) is 23.8 Å². The van der Waals surface area contributed by atoms with Gasteiger partial charge in [-0.05, 0) is 32.3 Å². The highest BCUT2D eigenvalue weighted by atomic mass is 15.3. The van der Waals surface area contributed by atoms with Crippen molar-refractivity contribution in [3.63, 3.8) is 0 Å². The van der Waals surface area contributed by atoms with Crippen LogP contribution in [0.25, 0.3) is 0 Å². The van der Waals surface area contributed by atoms with E-state index in [0.717, 1.165) is 43.0 Å². The first-order valence-corrected chi connectivity index (χ1v) is 7.44. The smallest absolute Gasteiger partial charge is 0.169 e. The lowest BCUT2D eigenvalue weighted by molar-refractivity contribution is 0.471. The number of piperidine rings is 1. The zero-order valence-electron chi connectivity index (χ0n) is 13.1. The van der Waals surface area contributed by atoms with Gasteiger partial charge < -0.3 is 9.47 Å². The van der Waals surface area contributed by atoms with Crippen LogP contribution in [0, 0.1) is 25.2 Å². The Morgan fingerprint density at radius 2 is 1.91 bits per heavy atom. The zero-order chi connectivity index (χ0) is 15.7. The molecule has 0 aromatic carbocycles. The predicted molar refractivity (Wildman–Crippen MR) is 81.4 cm³/mol. The van der Waals surface area contributed by atoms with Crippen molar-refractivity contribution >= 4 is 5.82 Å². The summed E-state index contributed by atoms with van der Waals surface area (Å²) in [7, 11) is 1.98. The Balaban J connectivity index is 1.79. The highest BCUT2D eigenvalue weighted by Gasteiger charge is 2.26. The van der Waals surface area contributed by atoms with Gasteiger partial charge in [0.2, 0.25) is 0 Å². The number of aryl methyl sites for hydroxylation is 2. The largest absolute Gasteiger partial charge is 0.354 e. The van der Waals surface area contributed by atoms with E-state index in [2.05, 4.69) is 31.4 Å². The van der Waals surface area contributed by atoms with Gasteiger partial charge in [0.05, 0.1) is 5.69 Å². The molecule has 0 unspecified atom stereocenters. The molecule has 114 valence electrons. The van der Waals surface area contributed by atoms with Crippen molar-refractivity contribution in [1.29, 1.82) is 5.26 Å². The minimum absolute atomic E-state index is 0.411. The lowest BCUT2D eigenvalue weighted by Crippen LogP contribution is -2.35. The summed E-state index contributed by atoms with van der Waals surface area (Å²) >= 11 is 0. The Morgan fingerprint density at radius 1 is 1.18 bits per heavy atom. The maximum Gasteiger partial charge on any atom is 0.169 e. The van der Waals surface area contributed by atoms with Crippen LogP contribution in [0.2, 0.25) is 0 Å². The molecule has 3 rings (SSSR count). The molecule has 1 aliphatic rings. The Kier molecular flexibility index (Phi) is 3.75. The fourth-order valence-corrected chi connectivity index (χ4v) is 2.96. The van der Waals surface area contributed by atoms with E-state index in [0.29, 0.717) is 17.3 Å². The standard InChI is InChI=1S/C15H19N7/c1-10-11(2)18-20-15(13(10)8-16)22-6-4-12(5-7-22)14-19-17-9-21(14)3/h9,12H,4-7H2,1-3H3. The maximum atomic E-state index is 9.43. The van der Waals surface area contributed by atoms with Crippen LogP contribution >= 0.6 is 0 Å². The van der Waals surface area contributed by atoms with Crippen molar-refractivity contribution < 1.29 is 0 Å². The fourth-order valence-electron chi connectivity index (χ4n) is 2.96. The SMILES string of the molecule is Cc1nnc(N2CCC(c3nncn3C)CC2)c(C#N)c1C. The van der Waals surface area contributed by atoms with Gasteiger partial charge in [-0.25, -0.2) is 0 Å². The van der Waals surface area contributed by atoms with Crippen LogP contribution in [0.3, 0.4) is 0 Å². The summed E-state index contributed by atoms with van der Waals surface area (Å²) in [4.78, 5) is 2.16. The molecule has 2 aromatic heterocycles. The number of hydrogen-bond donors (Lipinski definition) is 0. The average Bonchev–Trinajstić information content (AvgIpc) is 2.96. The molecule has 3 heterocycles. The van der Waals surface area contributed by atoms with Crippen molar-refractivity contribution in [2.24, 2.45) is 7.05 Å². The quantitative estimate of drug-likeness (QED) is 0.835. The lowest BCUT2D eigenvalue weighted by Gasteiger charge is -2.32. The highest BCUT2D eigenvalue weighted by Crippen LogP contribution is 2.30. The lowest BCUT2D eigenvalue weighted by atomic mass is 9.95. The summed E-state index contributed by atoms with van der Waals surface area (Å²) in [6.45, 7) is 5.51. The molecule has 0 radical (unpaired) electrons. The van der Waals surface area contributed by atoms with E-state index in [1.165, 1.54) is 0 Å². The van der Waals surface area contributed by atoms with E-state index in [9.17, 15) is 5.26 Å². The molecule has 7 heteroatoms. The van der Waals surface area contributed by atoms with Crippen LogP contribution in [-0.4, -0.2) is 38.1 Å². The molecule has 1 saturated heterocycles. The van der Waals surface area contributed by atoms with Gasteiger partial charge in [-0.1, -0.05) is 0 Å². The Morgan fingerprint density at radius 3 is 2.50 bits per heavy atom. The van der Waals surface area contributed by atoms with Crippen molar-refractivity contribution in [3.05, 3.63) is 29.0 Å². The first kappa shape index (κ1) is 14.4. The summed E-state index contributed by atoms with van der Waals surface area (Å²) in [5.41, 5.74) is 2.38. The Labute approximate surface area is 129 Å². The molecule has 0 N–H and O–H groups in total. The molecule has 22 heavy (non-hydrogen) atoms. The average molecular weight is 297 g/mol. The molecule has 0 bridgehead atoms. The number of anilines is 1. The Hall–Kier alpha value is -2.49. The van der Waals surface area contributed by atoms with Crippen LogP contribution in [0.5, 0.6) is 0 Å². The van der Waals surface area contributed by atoms with Crippen molar-refractivity contribution in [2.75, 3.05) is 18.0 Å². The van der Waals surface area contributed by atoms with Gasteiger partial charge in [-0.2, -0.15) is 10.4 Å². The third-order valence-electron chi connectivity index (χ3n) is 4.45. The maximum absolute atomic E-state index is 9.43. The van der Waals surface area contributed by atoms with E-state index in [1.54, 1.807) is 6.33 Å². The molecule has 2 aromatic rings. The molecule has 1 fully saturated rings. The van der Waals surface area contributed by atoms with Gasteiger partial charge in [-0.15, -0.1) is 15.3 Å². The van der Waals surface area contributed by atoms with Gasteiger partial charge in [-0.3, -0.25) is 0 Å². The topological polar surface area (TPSA) is 83.5 Å². The van der Waals surface area contributed by atoms with E-state index in [1.807, 2.05) is 25.5 Å². The summed E-state index contributed by atoms with van der Waals surface area (Å²) in [6.07, 6.45) is 3.70. The number of hydrogen-bond acceptors (Lipinski definition) is 6. The van der Waals surface area contributed by atoms with Crippen molar-refractivity contribution in [2.45, 2.75) is 32.6 Å². The van der Waals surface area contributed by atoms with E-state index in [4.69, 9.17) is 0 Å². The molecule has 7 nitrogen and oxygen atoms in total. The number of rotatable bonds is 2. The fraction of sp³-hybridized carbons (Fsp3) is 0.533. The van der Waals surface area contributed by atoms with Gasteiger partial charge in [0, 0.05) is 26.1 Å². The van der Waals surface area contributed by atoms with E-state index in [-0.39, 0.29) is 0 Å². The molecule has 0 amide bonds. The molecular weight excluding hydrogens is 278 g/mol. The molecule has 0 aliphatic carbocycles. The van der Waals surface area contributed by atoms with Crippen LogP contribution in [0.1, 0.15) is 41.4 Å². The van der Waals surface area contributed by atoms with Gasteiger partial charge in [0.15, 0.2) is 5.82 Å². The highest BCUT2D eigenvalue weighted by molar-refractivity contribution is 5.57. The summed E-state index contributed by atoms with van der Waals surface area (Å²) in [5, 5.41) is 26.0. The third-order valence-corrected chi connectivity index (χ3v) is 4.45. The van der Waals surface area contributed by atoms with Crippen molar-refractivity contribution in [1.82, 2.24) is 25.0 Å². The molecular formula is C15H19N7. The first-order chi connectivity index (χ1) is 10.6.